The lowest BCUT2D eigenvalue weighted by Gasteiger charge is -2.17. The van der Waals surface area contributed by atoms with Gasteiger partial charge in [-0.2, -0.15) is 0 Å². The van der Waals surface area contributed by atoms with Gasteiger partial charge in [0.25, 0.3) is 0 Å². The third kappa shape index (κ3) is 1.44. The number of ketones is 2. The SMILES string of the molecule is O=C1c2ccccc2C(=O)c2c1cc(F)c(F)c2F. The molecule has 19 heavy (non-hydrogen) atoms. The van der Waals surface area contributed by atoms with Gasteiger partial charge in [0, 0.05) is 16.7 Å². The molecule has 0 aliphatic heterocycles. The third-order valence-corrected chi connectivity index (χ3v) is 3.05. The Labute approximate surface area is 105 Å². The summed E-state index contributed by atoms with van der Waals surface area (Å²) in [4.78, 5) is 24.1. The lowest BCUT2D eigenvalue weighted by atomic mass is 9.83. The number of fused-ring (bicyclic) bond motifs is 2. The van der Waals surface area contributed by atoms with E-state index in [-0.39, 0.29) is 11.1 Å². The Bertz CT molecular complexity index is 751. The molecule has 2 nitrogen and oxygen atoms in total. The molecule has 0 bridgehead atoms. The van der Waals surface area contributed by atoms with E-state index in [1.54, 1.807) is 0 Å². The fourth-order valence-electron chi connectivity index (χ4n) is 2.16. The summed E-state index contributed by atoms with van der Waals surface area (Å²) in [7, 11) is 0. The Morgan fingerprint density at radius 1 is 0.737 bits per heavy atom. The average Bonchev–Trinajstić information content (AvgIpc) is 2.42. The maximum absolute atomic E-state index is 13.7. The summed E-state index contributed by atoms with van der Waals surface area (Å²) < 4.78 is 40.0. The van der Waals surface area contributed by atoms with E-state index in [2.05, 4.69) is 0 Å². The summed E-state index contributed by atoms with van der Waals surface area (Å²) in [6, 6.07) is 6.33. The molecule has 0 saturated heterocycles. The Hall–Kier alpha value is -2.43. The minimum Gasteiger partial charge on any atom is -0.289 e. The molecular weight excluding hydrogens is 257 g/mol. The Morgan fingerprint density at radius 2 is 1.32 bits per heavy atom. The molecule has 0 amide bonds. The number of hydrogen-bond acceptors (Lipinski definition) is 2. The van der Waals surface area contributed by atoms with Crippen molar-refractivity contribution in [1.82, 2.24) is 0 Å². The van der Waals surface area contributed by atoms with E-state index >= 15 is 0 Å². The summed E-state index contributed by atoms with van der Waals surface area (Å²) in [5.41, 5.74) is -1.10. The van der Waals surface area contributed by atoms with E-state index in [0.717, 1.165) is 0 Å². The van der Waals surface area contributed by atoms with Crippen molar-refractivity contribution < 1.29 is 22.8 Å². The molecule has 0 N–H and O–H groups in total. The van der Waals surface area contributed by atoms with E-state index in [1.807, 2.05) is 0 Å². The van der Waals surface area contributed by atoms with Gasteiger partial charge in [0.1, 0.15) is 0 Å². The van der Waals surface area contributed by atoms with Gasteiger partial charge < -0.3 is 0 Å². The van der Waals surface area contributed by atoms with Gasteiger partial charge in [-0.3, -0.25) is 9.59 Å². The van der Waals surface area contributed by atoms with Crippen LogP contribution in [0.15, 0.2) is 30.3 Å². The van der Waals surface area contributed by atoms with E-state index < -0.39 is 40.1 Å². The Morgan fingerprint density at radius 3 is 1.95 bits per heavy atom. The summed E-state index contributed by atoms with van der Waals surface area (Å²) in [5.74, 6) is -6.37. The van der Waals surface area contributed by atoms with Crippen molar-refractivity contribution in [1.29, 1.82) is 0 Å². The second-order valence-corrected chi connectivity index (χ2v) is 4.11. The van der Waals surface area contributed by atoms with Crippen molar-refractivity contribution in [3.8, 4) is 0 Å². The zero-order valence-corrected chi connectivity index (χ0v) is 9.34. The number of benzene rings is 2. The van der Waals surface area contributed by atoms with Crippen molar-refractivity contribution in [3.63, 3.8) is 0 Å². The van der Waals surface area contributed by atoms with Crippen LogP contribution in [0.25, 0.3) is 0 Å². The van der Waals surface area contributed by atoms with Crippen LogP contribution in [0.3, 0.4) is 0 Å². The van der Waals surface area contributed by atoms with Crippen LogP contribution in [0, 0.1) is 17.5 Å². The number of hydrogen-bond donors (Lipinski definition) is 0. The molecule has 0 radical (unpaired) electrons. The molecule has 1 aliphatic rings. The molecule has 2 aromatic carbocycles. The van der Waals surface area contributed by atoms with Gasteiger partial charge in [-0.15, -0.1) is 0 Å². The van der Waals surface area contributed by atoms with Crippen LogP contribution < -0.4 is 0 Å². The minimum atomic E-state index is -1.75. The first kappa shape index (κ1) is 11.6. The second-order valence-electron chi connectivity index (χ2n) is 4.11. The van der Waals surface area contributed by atoms with Gasteiger partial charge in [0.15, 0.2) is 29.0 Å². The van der Waals surface area contributed by atoms with Gasteiger partial charge in [0.2, 0.25) is 0 Å². The summed E-state index contributed by atoms with van der Waals surface area (Å²) in [6.45, 7) is 0. The van der Waals surface area contributed by atoms with Gasteiger partial charge in [0.05, 0.1) is 5.56 Å². The number of rotatable bonds is 0. The first-order chi connectivity index (χ1) is 9.02. The molecule has 0 heterocycles. The highest BCUT2D eigenvalue weighted by Crippen LogP contribution is 2.30. The predicted molar refractivity (Wildman–Crippen MR) is 59.6 cm³/mol. The minimum absolute atomic E-state index is 0.00934. The van der Waals surface area contributed by atoms with E-state index in [0.29, 0.717) is 6.07 Å². The van der Waals surface area contributed by atoms with Crippen molar-refractivity contribution in [2.45, 2.75) is 0 Å². The number of carbonyl (C=O) groups excluding carboxylic acids is 2. The van der Waals surface area contributed by atoms with E-state index in [1.165, 1.54) is 24.3 Å². The third-order valence-electron chi connectivity index (χ3n) is 3.05. The van der Waals surface area contributed by atoms with Crippen molar-refractivity contribution in [3.05, 3.63) is 70.0 Å². The lowest BCUT2D eigenvalue weighted by Crippen LogP contribution is -2.23. The van der Waals surface area contributed by atoms with Crippen LogP contribution in [0.5, 0.6) is 0 Å². The molecule has 0 atom stereocenters. The highest BCUT2D eigenvalue weighted by Gasteiger charge is 2.34. The fraction of sp³-hybridized carbons (Fsp3) is 0. The van der Waals surface area contributed by atoms with Crippen LogP contribution in [0.2, 0.25) is 0 Å². The lowest BCUT2D eigenvalue weighted by molar-refractivity contribution is 0.0974. The van der Waals surface area contributed by atoms with Crippen LogP contribution in [0.1, 0.15) is 31.8 Å². The molecule has 3 rings (SSSR count). The molecule has 94 valence electrons. The summed E-state index contributed by atoms with van der Waals surface area (Å²) in [6.07, 6.45) is 0. The zero-order chi connectivity index (χ0) is 13.7. The first-order valence-electron chi connectivity index (χ1n) is 5.38. The topological polar surface area (TPSA) is 34.1 Å². The summed E-state index contributed by atoms with van der Waals surface area (Å²) >= 11 is 0. The standard InChI is InChI=1S/C14H5F3O2/c15-9-5-8-10(12(17)11(9)16)14(19)7-4-2-1-3-6(7)13(8)18/h1-5H. The Balaban J connectivity index is 2.40. The highest BCUT2D eigenvalue weighted by molar-refractivity contribution is 6.28. The zero-order valence-electron chi connectivity index (χ0n) is 9.34. The van der Waals surface area contributed by atoms with Crippen LogP contribution in [-0.4, -0.2) is 11.6 Å². The molecular formula is C14H5F3O2. The molecule has 5 heteroatoms. The van der Waals surface area contributed by atoms with Crippen LogP contribution >= 0.6 is 0 Å². The van der Waals surface area contributed by atoms with E-state index in [4.69, 9.17) is 0 Å². The highest BCUT2D eigenvalue weighted by atomic mass is 19.2. The number of carbonyl (C=O) groups is 2. The molecule has 0 saturated carbocycles. The quantitative estimate of drug-likeness (QED) is 0.584. The predicted octanol–water partition coefficient (Wildman–Crippen LogP) is 2.88. The molecule has 0 unspecified atom stereocenters. The van der Waals surface area contributed by atoms with Crippen LogP contribution in [0.4, 0.5) is 13.2 Å². The van der Waals surface area contributed by atoms with E-state index in [9.17, 15) is 22.8 Å². The van der Waals surface area contributed by atoms with Crippen LogP contribution in [-0.2, 0) is 0 Å². The smallest absolute Gasteiger partial charge is 0.197 e. The van der Waals surface area contributed by atoms with Crippen molar-refractivity contribution in [2.24, 2.45) is 0 Å². The van der Waals surface area contributed by atoms with Gasteiger partial charge in [-0.05, 0) is 6.07 Å². The summed E-state index contributed by atoms with van der Waals surface area (Å²) in [5, 5.41) is 0. The molecule has 0 fully saturated rings. The fourth-order valence-corrected chi connectivity index (χ4v) is 2.16. The van der Waals surface area contributed by atoms with Gasteiger partial charge in [-0.1, -0.05) is 24.3 Å². The average molecular weight is 262 g/mol. The van der Waals surface area contributed by atoms with Gasteiger partial charge in [-0.25, -0.2) is 13.2 Å². The van der Waals surface area contributed by atoms with Gasteiger partial charge >= 0.3 is 0 Å². The van der Waals surface area contributed by atoms with Crippen molar-refractivity contribution >= 4 is 11.6 Å². The second kappa shape index (κ2) is 3.78. The molecule has 0 aromatic heterocycles. The largest absolute Gasteiger partial charge is 0.289 e. The molecule has 0 spiro atoms. The first-order valence-corrected chi connectivity index (χ1v) is 5.38. The molecule has 1 aliphatic carbocycles. The normalized spacial score (nSPS) is 13.2. The number of halogens is 3. The van der Waals surface area contributed by atoms with Crippen molar-refractivity contribution in [2.75, 3.05) is 0 Å². The maximum atomic E-state index is 13.7. The Kier molecular flexibility index (Phi) is 2.32. The monoisotopic (exact) mass is 262 g/mol. The maximum Gasteiger partial charge on any atom is 0.197 e. The molecule has 2 aromatic rings.